The number of thiophene rings is 1. The van der Waals surface area contributed by atoms with Crippen LogP contribution in [0.4, 0.5) is 0 Å². The molecule has 3 aromatic rings. The SMILES string of the molecule is O=Cc1ccoc1-c1ccc(-c2ccco2)s1. The van der Waals surface area contributed by atoms with Gasteiger partial charge in [0.25, 0.3) is 0 Å². The molecular formula is C13H8O3S. The molecule has 0 aliphatic rings. The van der Waals surface area contributed by atoms with E-state index in [4.69, 9.17) is 8.83 Å². The highest BCUT2D eigenvalue weighted by Crippen LogP contribution is 2.36. The number of hydrogen-bond donors (Lipinski definition) is 0. The van der Waals surface area contributed by atoms with Crippen LogP contribution in [0, 0.1) is 0 Å². The van der Waals surface area contributed by atoms with E-state index in [0.717, 1.165) is 21.8 Å². The summed E-state index contributed by atoms with van der Waals surface area (Å²) in [5, 5.41) is 0. The second-order valence-electron chi connectivity index (χ2n) is 3.46. The molecule has 0 bridgehead atoms. The summed E-state index contributed by atoms with van der Waals surface area (Å²) in [5.74, 6) is 1.43. The van der Waals surface area contributed by atoms with E-state index in [1.807, 2.05) is 24.3 Å². The first-order valence-corrected chi connectivity index (χ1v) is 5.87. The maximum absolute atomic E-state index is 10.8. The van der Waals surface area contributed by atoms with Crippen molar-refractivity contribution in [1.29, 1.82) is 0 Å². The lowest BCUT2D eigenvalue weighted by Crippen LogP contribution is -1.76. The highest BCUT2D eigenvalue weighted by Gasteiger charge is 2.12. The lowest BCUT2D eigenvalue weighted by atomic mass is 10.2. The van der Waals surface area contributed by atoms with Crippen LogP contribution in [0.3, 0.4) is 0 Å². The van der Waals surface area contributed by atoms with Crippen molar-refractivity contribution in [2.75, 3.05) is 0 Å². The third-order valence-electron chi connectivity index (χ3n) is 2.42. The van der Waals surface area contributed by atoms with Gasteiger partial charge in [0.1, 0.15) is 5.76 Å². The van der Waals surface area contributed by atoms with Crippen molar-refractivity contribution in [3.8, 4) is 21.3 Å². The number of carbonyl (C=O) groups is 1. The lowest BCUT2D eigenvalue weighted by Gasteiger charge is -1.92. The molecule has 17 heavy (non-hydrogen) atoms. The zero-order valence-electron chi connectivity index (χ0n) is 8.75. The smallest absolute Gasteiger partial charge is 0.154 e. The van der Waals surface area contributed by atoms with Crippen LogP contribution >= 0.6 is 11.3 Å². The summed E-state index contributed by atoms with van der Waals surface area (Å²) in [6.07, 6.45) is 3.95. The largest absolute Gasteiger partial charge is 0.464 e. The Balaban J connectivity index is 2.03. The van der Waals surface area contributed by atoms with Crippen LogP contribution in [0.15, 0.2) is 51.7 Å². The van der Waals surface area contributed by atoms with Crippen LogP contribution in [0.25, 0.3) is 21.3 Å². The summed E-state index contributed by atoms with van der Waals surface area (Å²) in [4.78, 5) is 12.8. The molecule has 0 aliphatic carbocycles. The van der Waals surface area contributed by atoms with E-state index in [0.29, 0.717) is 11.3 Å². The van der Waals surface area contributed by atoms with Gasteiger partial charge < -0.3 is 8.83 Å². The Morgan fingerprint density at radius 2 is 1.88 bits per heavy atom. The molecule has 3 aromatic heterocycles. The molecular weight excluding hydrogens is 236 g/mol. The Labute approximate surface area is 101 Å². The molecule has 0 radical (unpaired) electrons. The molecule has 0 unspecified atom stereocenters. The Kier molecular flexibility index (Phi) is 2.42. The molecule has 3 heterocycles. The monoisotopic (exact) mass is 244 g/mol. The fourth-order valence-electron chi connectivity index (χ4n) is 1.62. The summed E-state index contributed by atoms with van der Waals surface area (Å²) >= 11 is 1.53. The first-order valence-electron chi connectivity index (χ1n) is 5.05. The van der Waals surface area contributed by atoms with Crippen molar-refractivity contribution in [3.63, 3.8) is 0 Å². The molecule has 0 saturated carbocycles. The molecule has 4 heteroatoms. The summed E-state index contributed by atoms with van der Waals surface area (Å²) < 4.78 is 10.6. The highest BCUT2D eigenvalue weighted by molar-refractivity contribution is 7.18. The molecule has 0 amide bonds. The number of hydrogen-bond acceptors (Lipinski definition) is 4. The second kappa shape index (κ2) is 4.07. The number of aldehydes is 1. The molecule has 0 aromatic carbocycles. The van der Waals surface area contributed by atoms with Crippen LogP contribution in [-0.2, 0) is 0 Å². The van der Waals surface area contributed by atoms with Crippen molar-refractivity contribution < 1.29 is 13.6 Å². The van der Waals surface area contributed by atoms with E-state index in [9.17, 15) is 4.79 Å². The Morgan fingerprint density at radius 3 is 2.65 bits per heavy atom. The Morgan fingerprint density at radius 1 is 1.00 bits per heavy atom. The minimum Gasteiger partial charge on any atom is -0.464 e. The van der Waals surface area contributed by atoms with Gasteiger partial charge in [0.05, 0.1) is 27.8 Å². The minimum atomic E-state index is 0.567. The second-order valence-corrected chi connectivity index (χ2v) is 4.55. The van der Waals surface area contributed by atoms with Crippen LogP contribution < -0.4 is 0 Å². The van der Waals surface area contributed by atoms with Gasteiger partial charge >= 0.3 is 0 Å². The maximum Gasteiger partial charge on any atom is 0.154 e. The predicted molar refractivity (Wildman–Crippen MR) is 65.1 cm³/mol. The third kappa shape index (κ3) is 1.72. The first-order chi connectivity index (χ1) is 8.38. The normalized spacial score (nSPS) is 10.6. The van der Waals surface area contributed by atoms with Gasteiger partial charge in [0, 0.05) is 0 Å². The van der Waals surface area contributed by atoms with E-state index in [1.54, 1.807) is 12.3 Å². The lowest BCUT2D eigenvalue weighted by molar-refractivity contribution is 0.112. The van der Waals surface area contributed by atoms with Crippen molar-refractivity contribution in [2.45, 2.75) is 0 Å². The summed E-state index contributed by atoms with van der Waals surface area (Å²) in [7, 11) is 0. The number of furan rings is 2. The van der Waals surface area contributed by atoms with Gasteiger partial charge in [0.2, 0.25) is 0 Å². The molecule has 0 atom stereocenters. The molecule has 3 rings (SSSR count). The maximum atomic E-state index is 10.8. The number of rotatable bonds is 3. The van der Waals surface area contributed by atoms with Crippen molar-refractivity contribution in [1.82, 2.24) is 0 Å². The molecule has 0 saturated heterocycles. The van der Waals surface area contributed by atoms with Gasteiger partial charge in [-0.05, 0) is 30.3 Å². The van der Waals surface area contributed by atoms with Gasteiger partial charge in [-0.2, -0.15) is 0 Å². The third-order valence-corrected chi connectivity index (χ3v) is 3.52. The van der Waals surface area contributed by atoms with E-state index < -0.39 is 0 Å². The van der Waals surface area contributed by atoms with E-state index in [2.05, 4.69) is 0 Å². The Bertz CT molecular complexity index is 631. The fourth-order valence-corrected chi connectivity index (χ4v) is 2.61. The van der Waals surface area contributed by atoms with Gasteiger partial charge in [0.15, 0.2) is 12.0 Å². The Hall–Kier alpha value is -2.07. The molecule has 3 nitrogen and oxygen atoms in total. The molecule has 84 valence electrons. The van der Waals surface area contributed by atoms with E-state index in [1.165, 1.54) is 17.6 Å². The average molecular weight is 244 g/mol. The highest BCUT2D eigenvalue weighted by atomic mass is 32.1. The molecule has 0 aliphatic heterocycles. The van der Waals surface area contributed by atoms with Crippen molar-refractivity contribution in [3.05, 3.63) is 48.4 Å². The molecule has 0 spiro atoms. The predicted octanol–water partition coefficient (Wildman–Crippen LogP) is 4.08. The molecule has 0 N–H and O–H groups in total. The van der Waals surface area contributed by atoms with Crippen LogP contribution in [0.5, 0.6) is 0 Å². The topological polar surface area (TPSA) is 43.4 Å². The van der Waals surface area contributed by atoms with Crippen molar-refractivity contribution in [2.24, 2.45) is 0 Å². The van der Waals surface area contributed by atoms with Crippen molar-refractivity contribution >= 4 is 17.6 Å². The quantitative estimate of drug-likeness (QED) is 0.652. The van der Waals surface area contributed by atoms with Gasteiger partial charge in [-0.1, -0.05) is 0 Å². The van der Waals surface area contributed by atoms with Gasteiger partial charge in [-0.3, -0.25) is 4.79 Å². The zero-order chi connectivity index (χ0) is 11.7. The summed E-state index contributed by atoms with van der Waals surface area (Å²) in [6, 6.07) is 9.29. The minimum absolute atomic E-state index is 0.567. The molecule has 0 fully saturated rings. The standard InChI is InChI=1S/C13H8O3S/c14-8-9-5-7-16-13(9)12-4-3-11(17-12)10-2-1-6-15-10/h1-8H. The zero-order valence-corrected chi connectivity index (χ0v) is 9.57. The average Bonchev–Trinajstić information content (AvgIpc) is 3.09. The fraction of sp³-hybridized carbons (Fsp3) is 0. The van der Waals surface area contributed by atoms with E-state index in [-0.39, 0.29) is 0 Å². The van der Waals surface area contributed by atoms with Gasteiger partial charge in [-0.15, -0.1) is 11.3 Å². The summed E-state index contributed by atoms with van der Waals surface area (Å²) in [6.45, 7) is 0. The summed E-state index contributed by atoms with van der Waals surface area (Å²) in [5.41, 5.74) is 0.567. The van der Waals surface area contributed by atoms with Gasteiger partial charge in [-0.25, -0.2) is 0 Å². The first kappa shape index (κ1) is 10.1. The van der Waals surface area contributed by atoms with E-state index >= 15 is 0 Å². The van der Waals surface area contributed by atoms with Crippen LogP contribution in [0.1, 0.15) is 10.4 Å². The number of carbonyl (C=O) groups excluding carboxylic acids is 1. The van der Waals surface area contributed by atoms with Crippen LogP contribution in [-0.4, -0.2) is 6.29 Å². The van der Waals surface area contributed by atoms with Crippen LogP contribution in [0.2, 0.25) is 0 Å².